The van der Waals surface area contributed by atoms with Gasteiger partial charge in [-0.25, -0.2) is 4.98 Å². The van der Waals surface area contributed by atoms with Crippen LogP contribution in [0.2, 0.25) is 0 Å². The van der Waals surface area contributed by atoms with E-state index in [2.05, 4.69) is 4.98 Å². The molecule has 2 aromatic rings. The van der Waals surface area contributed by atoms with E-state index in [0.717, 1.165) is 5.56 Å². The van der Waals surface area contributed by atoms with Crippen molar-refractivity contribution in [1.82, 2.24) is 4.98 Å². The lowest BCUT2D eigenvalue weighted by atomic mass is 9.98. The minimum Gasteiger partial charge on any atom is -0.374 e. The Labute approximate surface area is 146 Å². The van der Waals surface area contributed by atoms with E-state index in [0.29, 0.717) is 29.1 Å². The van der Waals surface area contributed by atoms with Gasteiger partial charge in [-0.1, -0.05) is 18.2 Å². The van der Waals surface area contributed by atoms with E-state index in [-0.39, 0.29) is 6.04 Å². The predicted octanol–water partition coefficient (Wildman–Crippen LogP) is 3.57. The van der Waals surface area contributed by atoms with Gasteiger partial charge in [-0.15, -0.1) is 11.3 Å². The zero-order chi connectivity index (χ0) is 18.4. The van der Waals surface area contributed by atoms with Crippen LogP contribution in [0.4, 0.5) is 18.9 Å². The molecule has 8 heteroatoms. The molecule has 2 unspecified atom stereocenters. The second-order valence-corrected chi connectivity index (χ2v) is 7.13. The molecule has 1 N–H and O–H groups in total. The van der Waals surface area contributed by atoms with E-state index in [1.165, 1.54) is 17.2 Å². The molecule has 134 valence electrons. The molecule has 1 aliphatic heterocycles. The van der Waals surface area contributed by atoms with Crippen LogP contribution in [0.5, 0.6) is 0 Å². The van der Waals surface area contributed by atoms with Gasteiger partial charge < -0.3 is 10.0 Å². The maximum Gasteiger partial charge on any atom is 0.424 e. The summed E-state index contributed by atoms with van der Waals surface area (Å²) in [5, 5.41) is 11.3. The minimum absolute atomic E-state index is 0.264. The van der Waals surface area contributed by atoms with E-state index < -0.39 is 29.1 Å². The van der Waals surface area contributed by atoms with Crippen LogP contribution in [0.3, 0.4) is 0 Å². The van der Waals surface area contributed by atoms with Gasteiger partial charge in [0.2, 0.25) is 11.5 Å². The second-order valence-electron chi connectivity index (χ2n) is 6.27. The zero-order valence-corrected chi connectivity index (χ0v) is 14.5. The Bertz CT molecular complexity index is 805. The number of halogens is 3. The lowest BCUT2D eigenvalue weighted by Crippen LogP contribution is -2.48. The molecule has 3 rings (SSSR count). The Hall–Kier alpha value is -1.93. The lowest BCUT2D eigenvalue weighted by Gasteiger charge is -2.31. The normalized spacial score (nSPS) is 19.6. The Balaban J connectivity index is 1.94. The van der Waals surface area contributed by atoms with Gasteiger partial charge in [0.25, 0.3) is 0 Å². The largest absolute Gasteiger partial charge is 0.424 e. The summed E-state index contributed by atoms with van der Waals surface area (Å²) in [6.45, 7) is 3.31. The monoisotopic (exact) mass is 370 g/mol. The van der Waals surface area contributed by atoms with Gasteiger partial charge in [-0.05, 0) is 31.9 Å². The number of benzene rings is 1. The molecule has 2 heterocycles. The topological polar surface area (TPSA) is 53.4 Å². The molecule has 0 bridgehead atoms. The van der Waals surface area contributed by atoms with Gasteiger partial charge >= 0.3 is 6.18 Å². The maximum atomic E-state index is 13.6. The van der Waals surface area contributed by atoms with Gasteiger partial charge in [0, 0.05) is 22.8 Å². The number of aliphatic hydroxyl groups is 1. The van der Waals surface area contributed by atoms with Crippen LogP contribution in [0.15, 0.2) is 29.6 Å². The number of carbonyl (C=O) groups excluding carboxylic acids is 1. The standard InChI is InChI=1S/C17H17F3N2O2S/c1-10-9-25-15(21-10)16(24,17(18,19)20)8-14(23)22-11(2)7-12-5-3-4-6-13(12)22/h3-6,9,11,24H,7-8H2,1-2H3. The van der Waals surface area contributed by atoms with E-state index >= 15 is 0 Å². The van der Waals surface area contributed by atoms with E-state index in [4.69, 9.17) is 0 Å². The molecule has 25 heavy (non-hydrogen) atoms. The third-order valence-corrected chi connectivity index (χ3v) is 5.44. The number of carbonyl (C=O) groups is 1. The highest BCUT2D eigenvalue weighted by atomic mass is 32.1. The quantitative estimate of drug-likeness (QED) is 0.899. The molecule has 1 amide bonds. The first-order chi connectivity index (χ1) is 11.6. The summed E-state index contributed by atoms with van der Waals surface area (Å²) in [7, 11) is 0. The zero-order valence-electron chi connectivity index (χ0n) is 13.7. The summed E-state index contributed by atoms with van der Waals surface area (Å²) in [4.78, 5) is 17.8. The smallest absolute Gasteiger partial charge is 0.374 e. The van der Waals surface area contributed by atoms with Gasteiger partial charge in [-0.3, -0.25) is 4.79 Å². The maximum absolute atomic E-state index is 13.6. The predicted molar refractivity (Wildman–Crippen MR) is 88.5 cm³/mol. The fourth-order valence-corrected chi connectivity index (χ4v) is 4.01. The molecule has 0 spiro atoms. The number of aromatic nitrogens is 1. The summed E-state index contributed by atoms with van der Waals surface area (Å²) in [6, 6.07) is 6.85. The molecular weight excluding hydrogens is 353 g/mol. The number of aryl methyl sites for hydroxylation is 1. The highest BCUT2D eigenvalue weighted by Gasteiger charge is 2.58. The number of fused-ring (bicyclic) bond motifs is 1. The fourth-order valence-electron chi connectivity index (χ4n) is 3.09. The highest BCUT2D eigenvalue weighted by molar-refractivity contribution is 7.09. The lowest BCUT2D eigenvalue weighted by molar-refractivity contribution is -0.267. The number of anilines is 1. The Morgan fingerprint density at radius 1 is 1.40 bits per heavy atom. The van der Waals surface area contributed by atoms with Crippen LogP contribution in [0.1, 0.15) is 29.6 Å². The van der Waals surface area contributed by atoms with Crippen molar-refractivity contribution in [3.05, 3.63) is 45.9 Å². The van der Waals surface area contributed by atoms with Gasteiger partial charge in [-0.2, -0.15) is 13.2 Å². The molecular formula is C17H17F3N2O2S. The molecule has 2 atom stereocenters. The van der Waals surface area contributed by atoms with Crippen molar-refractivity contribution < 1.29 is 23.1 Å². The van der Waals surface area contributed by atoms with Gasteiger partial charge in [0.05, 0.1) is 6.42 Å². The highest BCUT2D eigenvalue weighted by Crippen LogP contribution is 2.44. The van der Waals surface area contributed by atoms with E-state index in [1.54, 1.807) is 19.1 Å². The first-order valence-corrected chi connectivity index (χ1v) is 8.63. The number of thiazole rings is 1. The number of hydrogen-bond acceptors (Lipinski definition) is 4. The third-order valence-electron chi connectivity index (χ3n) is 4.32. The molecule has 1 aromatic carbocycles. The van der Waals surface area contributed by atoms with Crippen molar-refractivity contribution in [1.29, 1.82) is 0 Å². The van der Waals surface area contributed by atoms with Crippen molar-refractivity contribution in [3.63, 3.8) is 0 Å². The molecule has 0 aliphatic carbocycles. The van der Waals surface area contributed by atoms with Crippen LogP contribution in [0, 0.1) is 6.92 Å². The van der Waals surface area contributed by atoms with Crippen molar-refractivity contribution in [2.75, 3.05) is 4.90 Å². The van der Waals surface area contributed by atoms with Crippen LogP contribution in [-0.4, -0.2) is 28.2 Å². The average Bonchev–Trinajstić information content (AvgIpc) is 3.08. The number of para-hydroxylation sites is 1. The first-order valence-electron chi connectivity index (χ1n) is 7.75. The van der Waals surface area contributed by atoms with Crippen molar-refractivity contribution in [2.24, 2.45) is 0 Å². The average molecular weight is 370 g/mol. The van der Waals surface area contributed by atoms with Crippen LogP contribution < -0.4 is 4.90 Å². The van der Waals surface area contributed by atoms with Crippen LogP contribution >= 0.6 is 11.3 Å². The van der Waals surface area contributed by atoms with Crippen molar-refractivity contribution in [3.8, 4) is 0 Å². The summed E-state index contributed by atoms with van der Waals surface area (Å²) in [6.07, 6.45) is -5.53. The van der Waals surface area contributed by atoms with Gasteiger partial charge in [0.1, 0.15) is 5.01 Å². The van der Waals surface area contributed by atoms with Crippen LogP contribution in [0.25, 0.3) is 0 Å². The third kappa shape index (κ3) is 3.04. The Morgan fingerprint density at radius 2 is 2.08 bits per heavy atom. The molecule has 0 saturated carbocycles. The van der Waals surface area contributed by atoms with E-state index in [9.17, 15) is 23.1 Å². The van der Waals surface area contributed by atoms with Gasteiger partial charge in [0.15, 0.2) is 0 Å². The van der Waals surface area contributed by atoms with Crippen molar-refractivity contribution in [2.45, 2.75) is 44.5 Å². The number of amides is 1. The first kappa shape index (κ1) is 17.9. The molecule has 1 aliphatic rings. The second kappa shape index (κ2) is 6.10. The molecule has 0 radical (unpaired) electrons. The number of hydrogen-bond donors (Lipinski definition) is 1. The molecule has 1 aromatic heterocycles. The molecule has 0 saturated heterocycles. The Kier molecular flexibility index (Phi) is 4.36. The van der Waals surface area contributed by atoms with Crippen molar-refractivity contribution >= 4 is 22.9 Å². The molecule has 4 nitrogen and oxygen atoms in total. The molecule has 0 fully saturated rings. The minimum atomic E-state index is -5.00. The summed E-state index contributed by atoms with van der Waals surface area (Å²) in [5.74, 6) is -0.773. The van der Waals surface area contributed by atoms with Crippen LogP contribution in [-0.2, 0) is 16.8 Å². The van der Waals surface area contributed by atoms with E-state index in [1.807, 2.05) is 12.1 Å². The summed E-state index contributed by atoms with van der Waals surface area (Å²) < 4.78 is 40.8. The SMILES string of the molecule is Cc1csc(C(O)(CC(=O)N2c3ccccc3CC2C)C(F)(F)F)n1. The number of alkyl halides is 3. The summed E-state index contributed by atoms with van der Waals surface area (Å²) in [5.41, 5.74) is -1.42. The summed E-state index contributed by atoms with van der Waals surface area (Å²) >= 11 is 0.702. The number of nitrogens with zero attached hydrogens (tertiary/aromatic N) is 2. The number of rotatable bonds is 3. The Morgan fingerprint density at radius 3 is 2.68 bits per heavy atom. The fraction of sp³-hybridized carbons (Fsp3) is 0.412.